The van der Waals surface area contributed by atoms with E-state index in [9.17, 15) is 14.4 Å². The van der Waals surface area contributed by atoms with Crippen molar-refractivity contribution in [1.82, 2.24) is 15.2 Å². The molecule has 4 N–H and O–H groups in total. The Morgan fingerprint density at radius 3 is 2.69 bits per heavy atom. The van der Waals surface area contributed by atoms with Crippen LogP contribution >= 0.6 is 0 Å². The topological polar surface area (TPSA) is 126 Å². The van der Waals surface area contributed by atoms with E-state index in [0.717, 1.165) is 23.4 Å². The summed E-state index contributed by atoms with van der Waals surface area (Å²) < 4.78 is 0. The van der Waals surface area contributed by atoms with Gasteiger partial charge in [-0.15, -0.1) is 0 Å². The highest BCUT2D eigenvalue weighted by Crippen LogP contribution is 2.18. The summed E-state index contributed by atoms with van der Waals surface area (Å²) in [5, 5.41) is 12.2. The molecule has 26 heavy (non-hydrogen) atoms. The standard InChI is InChI=1S/C18H26N4O4/c1-12(18(25)26)11-22(17(24)10-20-13-8-9-13)16(23)7-3-5-14-4-2-6-15(19)21-14/h2,4,6,12-13,20H,3,5,7-11H2,1H3,(H2,19,21)(H,25,26)/t12-/m1/s1. The zero-order chi connectivity index (χ0) is 19.1. The van der Waals surface area contributed by atoms with E-state index in [4.69, 9.17) is 10.8 Å². The Morgan fingerprint density at radius 2 is 2.08 bits per heavy atom. The van der Waals surface area contributed by atoms with Gasteiger partial charge in [-0.1, -0.05) is 13.0 Å². The van der Waals surface area contributed by atoms with E-state index >= 15 is 0 Å². The quantitative estimate of drug-likeness (QED) is 0.562. The number of carbonyl (C=O) groups excluding carboxylic acids is 2. The van der Waals surface area contributed by atoms with Gasteiger partial charge in [0.15, 0.2) is 0 Å². The van der Waals surface area contributed by atoms with Crippen LogP contribution in [0.25, 0.3) is 0 Å². The molecule has 0 radical (unpaired) electrons. The van der Waals surface area contributed by atoms with Crippen LogP contribution in [-0.2, 0) is 20.8 Å². The monoisotopic (exact) mass is 362 g/mol. The molecule has 0 unspecified atom stereocenters. The molecule has 1 aliphatic carbocycles. The average molecular weight is 362 g/mol. The molecular formula is C18H26N4O4. The minimum atomic E-state index is -1.03. The van der Waals surface area contributed by atoms with Crippen molar-refractivity contribution in [3.8, 4) is 0 Å². The van der Waals surface area contributed by atoms with Crippen molar-refractivity contribution < 1.29 is 19.5 Å². The molecule has 2 rings (SSSR count). The van der Waals surface area contributed by atoms with E-state index in [-0.39, 0.29) is 31.3 Å². The van der Waals surface area contributed by atoms with Crippen LogP contribution in [0.5, 0.6) is 0 Å². The molecule has 8 nitrogen and oxygen atoms in total. The molecule has 1 fully saturated rings. The van der Waals surface area contributed by atoms with E-state index in [0.29, 0.717) is 24.7 Å². The maximum atomic E-state index is 12.5. The van der Waals surface area contributed by atoms with Gasteiger partial charge in [0.2, 0.25) is 11.8 Å². The van der Waals surface area contributed by atoms with Crippen LogP contribution < -0.4 is 11.1 Å². The molecule has 0 aliphatic heterocycles. The molecule has 1 aromatic heterocycles. The Morgan fingerprint density at radius 1 is 1.35 bits per heavy atom. The fraction of sp³-hybridized carbons (Fsp3) is 0.556. The van der Waals surface area contributed by atoms with Gasteiger partial charge in [0.1, 0.15) is 5.82 Å². The number of aryl methyl sites for hydroxylation is 1. The lowest BCUT2D eigenvalue weighted by molar-refractivity contribution is -0.148. The van der Waals surface area contributed by atoms with Gasteiger partial charge in [-0.2, -0.15) is 0 Å². The molecule has 2 amide bonds. The zero-order valence-electron chi connectivity index (χ0n) is 15.0. The molecule has 8 heteroatoms. The van der Waals surface area contributed by atoms with Crippen LogP contribution in [-0.4, -0.2) is 51.9 Å². The number of nitrogens with zero attached hydrogens (tertiary/aromatic N) is 2. The lowest BCUT2D eigenvalue weighted by Gasteiger charge is -2.23. The number of imide groups is 1. The number of hydrogen-bond donors (Lipinski definition) is 3. The normalized spacial score (nSPS) is 14.7. The van der Waals surface area contributed by atoms with Gasteiger partial charge in [0.25, 0.3) is 0 Å². The molecule has 1 aliphatic rings. The second kappa shape index (κ2) is 9.28. The van der Waals surface area contributed by atoms with Crippen molar-refractivity contribution in [2.45, 2.75) is 45.1 Å². The van der Waals surface area contributed by atoms with Crippen LogP contribution in [0, 0.1) is 5.92 Å². The molecule has 0 bridgehead atoms. The van der Waals surface area contributed by atoms with Crippen LogP contribution in [0.1, 0.15) is 38.3 Å². The van der Waals surface area contributed by atoms with Gasteiger partial charge in [0.05, 0.1) is 12.5 Å². The maximum absolute atomic E-state index is 12.5. The minimum absolute atomic E-state index is 0.0551. The minimum Gasteiger partial charge on any atom is -0.481 e. The lowest BCUT2D eigenvalue weighted by Crippen LogP contribution is -2.45. The fourth-order valence-electron chi connectivity index (χ4n) is 2.50. The van der Waals surface area contributed by atoms with Crippen molar-refractivity contribution in [3.63, 3.8) is 0 Å². The van der Waals surface area contributed by atoms with Gasteiger partial charge >= 0.3 is 5.97 Å². The van der Waals surface area contributed by atoms with E-state index < -0.39 is 11.9 Å². The number of carbonyl (C=O) groups is 3. The average Bonchev–Trinajstić information content (AvgIpc) is 3.41. The maximum Gasteiger partial charge on any atom is 0.308 e. The van der Waals surface area contributed by atoms with Gasteiger partial charge in [-0.3, -0.25) is 19.3 Å². The third-order valence-corrected chi connectivity index (χ3v) is 4.25. The summed E-state index contributed by atoms with van der Waals surface area (Å²) in [6.45, 7) is 1.43. The van der Waals surface area contributed by atoms with Crippen LogP contribution in [0.2, 0.25) is 0 Å². The molecule has 1 saturated carbocycles. The summed E-state index contributed by atoms with van der Waals surface area (Å²) >= 11 is 0. The predicted octanol–water partition coefficient (Wildman–Crippen LogP) is 0.814. The van der Waals surface area contributed by atoms with Crippen molar-refractivity contribution in [2.24, 2.45) is 5.92 Å². The molecule has 0 aromatic carbocycles. The fourth-order valence-corrected chi connectivity index (χ4v) is 2.50. The first-order chi connectivity index (χ1) is 12.4. The number of nitrogens with two attached hydrogens (primary N) is 1. The van der Waals surface area contributed by atoms with Crippen LogP contribution in [0.4, 0.5) is 5.82 Å². The van der Waals surface area contributed by atoms with E-state index in [1.807, 2.05) is 6.07 Å². The number of carboxylic acids is 1. The Hall–Kier alpha value is -2.48. The van der Waals surface area contributed by atoms with Crippen molar-refractivity contribution in [3.05, 3.63) is 23.9 Å². The third kappa shape index (κ3) is 6.44. The summed E-state index contributed by atoms with van der Waals surface area (Å²) in [6.07, 6.45) is 3.28. The first-order valence-electron chi connectivity index (χ1n) is 8.87. The van der Waals surface area contributed by atoms with Crippen LogP contribution in [0.15, 0.2) is 18.2 Å². The zero-order valence-corrected chi connectivity index (χ0v) is 15.0. The number of nitrogen functional groups attached to an aromatic ring is 1. The molecule has 1 atom stereocenters. The Bertz CT molecular complexity index is 660. The Labute approximate surface area is 152 Å². The number of amides is 2. The highest BCUT2D eigenvalue weighted by Gasteiger charge is 2.28. The SMILES string of the molecule is C[C@H](CN(C(=O)CCCc1cccc(N)n1)C(=O)CNC1CC1)C(=O)O. The summed E-state index contributed by atoms with van der Waals surface area (Å²) in [6, 6.07) is 5.65. The van der Waals surface area contributed by atoms with Crippen molar-refractivity contribution >= 4 is 23.6 Å². The number of carboxylic acid groups (broad SMARTS) is 1. The Balaban J connectivity index is 1.89. The van der Waals surface area contributed by atoms with E-state index in [2.05, 4.69) is 10.3 Å². The molecule has 1 aromatic rings. The predicted molar refractivity (Wildman–Crippen MR) is 96.1 cm³/mol. The number of hydrogen-bond acceptors (Lipinski definition) is 6. The smallest absolute Gasteiger partial charge is 0.308 e. The highest BCUT2D eigenvalue weighted by molar-refractivity contribution is 5.96. The van der Waals surface area contributed by atoms with Gasteiger partial charge in [-0.25, -0.2) is 4.98 Å². The highest BCUT2D eigenvalue weighted by atomic mass is 16.4. The van der Waals surface area contributed by atoms with Crippen molar-refractivity contribution in [1.29, 1.82) is 0 Å². The Kier molecular flexibility index (Phi) is 7.08. The second-order valence-corrected chi connectivity index (χ2v) is 6.70. The number of pyridine rings is 1. The number of anilines is 1. The molecular weight excluding hydrogens is 336 g/mol. The number of aliphatic carboxylic acids is 1. The van der Waals surface area contributed by atoms with Crippen LogP contribution in [0.3, 0.4) is 0 Å². The third-order valence-electron chi connectivity index (χ3n) is 4.25. The summed E-state index contributed by atoms with van der Waals surface area (Å²) in [5.41, 5.74) is 6.41. The van der Waals surface area contributed by atoms with Crippen molar-refractivity contribution in [2.75, 3.05) is 18.8 Å². The first kappa shape index (κ1) is 19.8. The summed E-state index contributed by atoms with van der Waals surface area (Å²) in [7, 11) is 0. The number of nitrogens with one attached hydrogen (secondary N) is 1. The summed E-state index contributed by atoms with van der Waals surface area (Å²) in [4.78, 5) is 41.2. The van der Waals surface area contributed by atoms with E-state index in [1.54, 1.807) is 12.1 Å². The number of rotatable bonds is 10. The largest absolute Gasteiger partial charge is 0.481 e. The lowest BCUT2D eigenvalue weighted by atomic mass is 10.1. The van der Waals surface area contributed by atoms with Gasteiger partial charge < -0.3 is 16.2 Å². The van der Waals surface area contributed by atoms with E-state index in [1.165, 1.54) is 6.92 Å². The second-order valence-electron chi connectivity index (χ2n) is 6.70. The molecule has 0 spiro atoms. The summed E-state index contributed by atoms with van der Waals surface area (Å²) in [5.74, 6) is -2.15. The molecule has 0 saturated heterocycles. The molecule has 1 heterocycles. The molecule has 142 valence electrons. The van der Waals surface area contributed by atoms with Gasteiger partial charge in [0, 0.05) is 24.7 Å². The first-order valence-corrected chi connectivity index (χ1v) is 8.87. The number of aromatic nitrogens is 1. The van der Waals surface area contributed by atoms with Gasteiger partial charge in [-0.05, 0) is 37.8 Å².